The Balaban J connectivity index is 1.62. The second-order valence-electron chi connectivity index (χ2n) is 6.50. The van der Waals surface area contributed by atoms with E-state index in [4.69, 9.17) is 4.74 Å². The van der Waals surface area contributed by atoms with Crippen molar-refractivity contribution in [2.75, 3.05) is 13.1 Å². The molecule has 0 radical (unpaired) electrons. The predicted molar refractivity (Wildman–Crippen MR) is 90.8 cm³/mol. The molecule has 1 aromatic heterocycles. The molecule has 2 aromatic rings. The van der Waals surface area contributed by atoms with Crippen LogP contribution in [0.4, 0.5) is 0 Å². The van der Waals surface area contributed by atoms with Crippen molar-refractivity contribution < 1.29 is 9.53 Å². The molecule has 6 nitrogen and oxygen atoms in total. The normalized spacial score (nSPS) is 18.0. The summed E-state index contributed by atoms with van der Waals surface area (Å²) in [7, 11) is 0. The quantitative estimate of drug-likeness (QED) is 0.846. The number of likely N-dealkylation sites (tertiary alicyclic amines) is 1. The summed E-state index contributed by atoms with van der Waals surface area (Å²) in [5, 5.41) is 4.21. The van der Waals surface area contributed by atoms with E-state index >= 15 is 0 Å². The molecule has 2 heterocycles. The minimum atomic E-state index is 0.126. The molecule has 6 heteroatoms. The lowest BCUT2D eigenvalue weighted by atomic mass is 10.0. The SMILES string of the molecule is CC(C)Oc1cccc(CC(=O)N2CCC[C@@H](n3cncn3)C2)c1. The third-order valence-electron chi connectivity index (χ3n) is 4.19. The maximum absolute atomic E-state index is 12.7. The van der Waals surface area contributed by atoms with Gasteiger partial charge < -0.3 is 9.64 Å². The largest absolute Gasteiger partial charge is 0.491 e. The van der Waals surface area contributed by atoms with Crippen LogP contribution in [0.15, 0.2) is 36.9 Å². The van der Waals surface area contributed by atoms with Crippen molar-refractivity contribution in [2.24, 2.45) is 0 Å². The van der Waals surface area contributed by atoms with Crippen LogP contribution in [0.2, 0.25) is 0 Å². The van der Waals surface area contributed by atoms with Crippen LogP contribution in [0, 0.1) is 0 Å². The molecule has 1 atom stereocenters. The first kappa shape index (κ1) is 16.5. The number of benzene rings is 1. The van der Waals surface area contributed by atoms with E-state index in [2.05, 4.69) is 10.1 Å². The van der Waals surface area contributed by atoms with E-state index in [0.29, 0.717) is 13.0 Å². The number of nitrogens with zero attached hydrogens (tertiary/aromatic N) is 4. The van der Waals surface area contributed by atoms with Gasteiger partial charge in [0.1, 0.15) is 18.4 Å². The van der Waals surface area contributed by atoms with Gasteiger partial charge in [-0.2, -0.15) is 5.10 Å². The number of hydrogen-bond donors (Lipinski definition) is 0. The molecule has 0 aliphatic carbocycles. The van der Waals surface area contributed by atoms with Gasteiger partial charge in [0, 0.05) is 13.1 Å². The number of amides is 1. The minimum absolute atomic E-state index is 0.126. The van der Waals surface area contributed by atoms with Crippen LogP contribution < -0.4 is 4.74 Å². The Morgan fingerprint density at radius 2 is 2.29 bits per heavy atom. The second kappa shape index (κ2) is 7.47. The van der Waals surface area contributed by atoms with Crippen molar-refractivity contribution in [3.63, 3.8) is 0 Å². The van der Waals surface area contributed by atoms with E-state index in [0.717, 1.165) is 30.7 Å². The Labute approximate surface area is 142 Å². The highest BCUT2D eigenvalue weighted by Gasteiger charge is 2.25. The van der Waals surface area contributed by atoms with E-state index in [1.54, 1.807) is 12.7 Å². The van der Waals surface area contributed by atoms with Crippen LogP contribution in [0.1, 0.15) is 38.3 Å². The van der Waals surface area contributed by atoms with Gasteiger partial charge in [0.15, 0.2) is 0 Å². The Hall–Kier alpha value is -2.37. The highest BCUT2D eigenvalue weighted by molar-refractivity contribution is 5.79. The standard InChI is InChI=1S/C18H24N4O2/c1-14(2)24-17-7-3-5-15(9-17)10-18(23)21-8-4-6-16(11-21)22-13-19-12-20-22/h3,5,7,9,12-14,16H,4,6,8,10-11H2,1-2H3/t16-/m1/s1. The smallest absolute Gasteiger partial charge is 0.227 e. The number of hydrogen-bond acceptors (Lipinski definition) is 4. The van der Waals surface area contributed by atoms with Gasteiger partial charge in [-0.05, 0) is 44.4 Å². The summed E-state index contributed by atoms with van der Waals surface area (Å²) in [6.45, 7) is 5.50. The summed E-state index contributed by atoms with van der Waals surface area (Å²) in [5.41, 5.74) is 0.987. The summed E-state index contributed by atoms with van der Waals surface area (Å²) >= 11 is 0. The zero-order valence-corrected chi connectivity index (χ0v) is 14.3. The molecule has 1 fully saturated rings. The second-order valence-corrected chi connectivity index (χ2v) is 6.50. The fraction of sp³-hybridized carbons (Fsp3) is 0.500. The summed E-state index contributed by atoms with van der Waals surface area (Å²) in [4.78, 5) is 18.6. The molecule has 128 valence electrons. The Morgan fingerprint density at radius 1 is 1.42 bits per heavy atom. The number of piperidine rings is 1. The first-order chi connectivity index (χ1) is 11.6. The van der Waals surface area contributed by atoms with E-state index in [1.165, 1.54) is 0 Å². The molecule has 0 N–H and O–H groups in total. The number of rotatable bonds is 5. The van der Waals surface area contributed by atoms with Gasteiger partial charge in [-0.3, -0.25) is 4.79 Å². The van der Waals surface area contributed by atoms with Crippen molar-refractivity contribution in [1.82, 2.24) is 19.7 Å². The third-order valence-corrected chi connectivity index (χ3v) is 4.19. The topological polar surface area (TPSA) is 60.2 Å². The molecule has 0 unspecified atom stereocenters. The van der Waals surface area contributed by atoms with Crippen molar-refractivity contribution >= 4 is 5.91 Å². The van der Waals surface area contributed by atoms with Gasteiger partial charge in [-0.1, -0.05) is 12.1 Å². The van der Waals surface area contributed by atoms with Crippen molar-refractivity contribution in [3.8, 4) is 5.75 Å². The maximum atomic E-state index is 12.7. The minimum Gasteiger partial charge on any atom is -0.491 e. The first-order valence-corrected chi connectivity index (χ1v) is 8.49. The fourth-order valence-electron chi connectivity index (χ4n) is 3.09. The summed E-state index contributed by atoms with van der Waals surface area (Å²) in [6.07, 6.45) is 5.82. The lowest BCUT2D eigenvalue weighted by molar-refractivity contribution is -0.132. The monoisotopic (exact) mass is 328 g/mol. The van der Waals surface area contributed by atoms with Crippen LogP contribution in [-0.4, -0.2) is 44.8 Å². The molecule has 1 saturated heterocycles. The highest BCUT2D eigenvalue weighted by Crippen LogP contribution is 2.22. The average molecular weight is 328 g/mol. The van der Waals surface area contributed by atoms with E-state index in [9.17, 15) is 4.79 Å². The van der Waals surface area contributed by atoms with Crippen molar-refractivity contribution in [3.05, 3.63) is 42.5 Å². The maximum Gasteiger partial charge on any atom is 0.227 e. The van der Waals surface area contributed by atoms with E-state index in [-0.39, 0.29) is 18.1 Å². The molecule has 3 rings (SSSR count). The van der Waals surface area contributed by atoms with E-state index in [1.807, 2.05) is 47.7 Å². The van der Waals surface area contributed by atoms with Crippen molar-refractivity contribution in [1.29, 1.82) is 0 Å². The van der Waals surface area contributed by atoms with Crippen LogP contribution >= 0.6 is 0 Å². The van der Waals surface area contributed by atoms with Crippen LogP contribution in [0.3, 0.4) is 0 Å². The molecule has 0 spiro atoms. The van der Waals surface area contributed by atoms with E-state index < -0.39 is 0 Å². The third kappa shape index (κ3) is 4.13. The average Bonchev–Trinajstić information content (AvgIpc) is 3.09. The predicted octanol–water partition coefficient (Wildman–Crippen LogP) is 2.47. The number of carbonyl (C=O) groups is 1. The lowest BCUT2D eigenvalue weighted by Gasteiger charge is -2.32. The molecule has 1 aliphatic rings. The lowest BCUT2D eigenvalue weighted by Crippen LogP contribution is -2.41. The van der Waals surface area contributed by atoms with Gasteiger partial charge in [-0.25, -0.2) is 9.67 Å². The molecular formula is C18H24N4O2. The van der Waals surface area contributed by atoms with Crippen molar-refractivity contribution in [2.45, 2.75) is 45.3 Å². The summed E-state index contributed by atoms with van der Waals surface area (Å²) in [6, 6.07) is 8.02. The van der Waals surface area contributed by atoms with Gasteiger partial charge in [0.05, 0.1) is 18.6 Å². The number of aromatic nitrogens is 3. The molecule has 0 bridgehead atoms. The van der Waals surface area contributed by atoms with Crippen LogP contribution in [0.5, 0.6) is 5.75 Å². The number of carbonyl (C=O) groups excluding carboxylic acids is 1. The fourth-order valence-corrected chi connectivity index (χ4v) is 3.09. The number of ether oxygens (including phenoxy) is 1. The Morgan fingerprint density at radius 3 is 3.04 bits per heavy atom. The molecule has 0 saturated carbocycles. The van der Waals surface area contributed by atoms with Gasteiger partial charge >= 0.3 is 0 Å². The van der Waals surface area contributed by atoms with Crippen LogP contribution in [0.25, 0.3) is 0 Å². The molecule has 1 aliphatic heterocycles. The zero-order valence-electron chi connectivity index (χ0n) is 14.3. The summed E-state index contributed by atoms with van der Waals surface area (Å²) < 4.78 is 7.56. The molecular weight excluding hydrogens is 304 g/mol. The highest BCUT2D eigenvalue weighted by atomic mass is 16.5. The first-order valence-electron chi connectivity index (χ1n) is 8.49. The van der Waals surface area contributed by atoms with Crippen LogP contribution in [-0.2, 0) is 11.2 Å². The van der Waals surface area contributed by atoms with Gasteiger partial charge in [0.25, 0.3) is 0 Å². The zero-order chi connectivity index (χ0) is 16.9. The summed E-state index contributed by atoms with van der Waals surface area (Å²) in [5.74, 6) is 0.968. The Bertz CT molecular complexity index is 669. The van der Waals surface area contributed by atoms with Gasteiger partial charge in [0.2, 0.25) is 5.91 Å². The Kier molecular flexibility index (Phi) is 5.13. The molecule has 24 heavy (non-hydrogen) atoms. The molecule has 1 amide bonds. The van der Waals surface area contributed by atoms with Gasteiger partial charge in [-0.15, -0.1) is 0 Å². The molecule has 1 aromatic carbocycles.